The molecule has 0 aromatic heterocycles. The molecule has 1 rings (SSSR count). The molecule has 0 saturated carbocycles. The van der Waals surface area contributed by atoms with E-state index in [1.807, 2.05) is 0 Å². The highest BCUT2D eigenvalue weighted by Gasteiger charge is 2.18. The number of carbonyl (C=O) groups is 1. The molecule has 0 fully saturated rings. The molecule has 0 aliphatic rings. The van der Waals surface area contributed by atoms with Crippen LogP contribution in [0.25, 0.3) is 0 Å². The van der Waals surface area contributed by atoms with Crippen LogP contribution >= 0.6 is 11.6 Å². The van der Waals surface area contributed by atoms with Gasteiger partial charge in [0, 0.05) is 0 Å². The van der Waals surface area contributed by atoms with Crippen molar-refractivity contribution in [1.29, 1.82) is 0 Å². The Morgan fingerprint density at radius 1 is 1.56 bits per heavy atom. The van der Waals surface area contributed by atoms with E-state index in [0.717, 1.165) is 5.01 Å². The monoisotopic (exact) mass is 244 g/mol. The molecule has 5 nitrogen and oxygen atoms in total. The average molecular weight is 245 g/mol. The molecule has 88 valence electrons. The Kier molecular flexibility index (Phi) is 4.39. The third-order valence-corrected chi connectivity index (χ3v) is 2.31. The summed E-state index contributed by atoms with van der Waals surface area (Å²) in [4.78, 5) is 10.6. The summed E-state index contributed by atoms with van der Waals surface area (Å²) in [6.45, 7) is 1.73. The number of nitrogens with zero attached hydrogens (tertiary/aromatic N) is 1. The first kappa shape index (κ1) is 12.6. The van der Waals surface area contributed by atoms with Crippen molar-refractivity contribution in [1.82, 2.24) is 5.43 Å². The van der Waals surface area contributed by atoms with Crippen LogP contribution in [0.15, 0.2) is 24.3 Å². The van der Waals surface area contributed by atoms with Crippen LogP contribution in [0, 0.1) is 0 Å². The van der Waals surface area contributed by atoms with Gasteiger partial charge in [-0.25, -0.2) is 10.2 Å². The van der Waals surface area contributed by atoms with Gasteiger partial charge in [0.2, 0.25) is 0 Å². The molecule has 6 heteroatoms. The third-order valence-electron chi connectivity index (χ3n) is 1.99. The van der Waals surface area contributed by atoms with Gasteiger partial charge in [0.05, 0.1) is 10.7 Å². The number of nitrogens with one attached hydrogen (secondary N) is 1. The first-order valence-electron chi connectivity index (χ1n) is 4.77. The first-order valence-corrected chi connectivity index (χ1v) is 5.15. The number of amides is 1. The number of benzene rings is 1. The van der Waals surface area contributed by atoms with Crippen molar-refractivity contribution in [3.63, 3.8) is 0 Å². The van der Waals surface area contributed by atoms with Gasteiger partial charge in [0.15, 0.2) is 0 Å². The fourth-order valence-electron chi connectivity index (χ4n) is 1.23. The summed E-state index contributed by atoms with van der Waals surface area (Å²) in [6, 6.07) is 6.68. The van der Waals surface area contributed by atoms with Crippen LogP contribution < -0.4 is 10.4 Å². The molecule has 1 unspecified atom stereocenters. The molecule has 0 bridgehead atoms. The lowest BCUT2D eigenvalue weighted by atomic mass is 10.3. The predicted octanol–water partition coefficient (Wildman–Crippen LogP) is 2.06. The molecule has 1 atom stereocenters. The minimum absolute atomic E-state index is 0.365. The Labute approximate surface area is 98.2 Å². The van der Waals surface area contributed by atoms with Gasteiger partial charge in [-0.15, -0.1) is 0 Å². The number of aliphatic hydroxyl groups is 1. The number of anilines is 1. The third kappa shape index (κ3) is 3.01. The summed E-state index contributed by atoms with van der Waals surface area (Å²) >= 11 is 5.92. The van der Waals surface area contributed by atoms with E-state index in [0.29, 0.717) is 17.1 Å². The van der Waals surface area contributed by atoms with Crippen LogP contribution in [0.2, 0.25) is 5.02 Å². The molecule has 1 aromatic rings. The fourth-order valence-corrected chi connectivity index (χ4v) is 1.45. The Morgan fingerprint density at radius 2 is 2.19 bits per heavy atom. The van der Waals surface area contributed by atoms with Crippen LogP contribution in [0.1, 0.15) is 13.3 Å². The number of hydrogen-bond acceptors (Lipinski definition) is 3. The molecule has 0 radical (unpaired) electrons. The van der Waals surface area contributed by atoms with Crippen LogP contribution in [-0.4, -0.2) is 22.5 Å². The zero-order valence-corrected chi connectivity index (χ0v) is 9.48. The van der Waals surface area contributed by atoms with Crippen molar-refractivity contribution < 1.29 is 15.0 Å². The molecule has 0 spiro atoms. The molecule has 0 saturated heterocycles. The molecule has 3 N–H and O–H groups in total. The number of hydrogen-bond donors (Lipinski definition) is 3. The summed E-state index contributed by atoms with van der Waals surface area (Å²) < 4.78 is 0. The van der Waals surface area contributed by atoms with Crippen LogP contribution in [0.3, 0.4) is 0 Å². The number of aliphatic hydroxyl groups excluding tert-OH is 1. The van der Waals surface area contributed by atoms with E-state index < -0.39 is 12.3 Å². The maximum absolute atomic E-state index is 10.6. The smallest absolute Gasteiger partial charge is 0.423 e. The predicted molar refractivity (Wildman–Crippen MR) is 61.4 cm³/mol. The van der Waals surface area contributed by atoms with E-state index in [1.165, 1.54) is 0 Å². The van der Waals surface area contributed by atoms with Gasteiger partial charge in [0.1, 0.15) is 6.23 Å². The molecule has 0 aliphatic heterocycles. The molecular weight excluding hydrogens is 232 g/mol. The molecular formula is C10H13ClN2O3. The normalized spacial score (nSPS) is 11.9. The SMILES string of the molecule is CCC(O)N(NC(=O)O)c1ccccc1Cl. The van der Waals surface area contributed by atoms with Gasteiger partial charge in [-0.1, -0.05) is 30.7 Å². The van der Waals surface area contributed by atoms with E-state index in [-0.39, 0.29) is 0 Å². The number of carboxylic acid groups (broad SMARTS) is 1. The summed E-state index contributed by atoms with van der Waals surface area (Å²) in [5, 5.41) is 19.8. The quantitative estimate of drug-likeness (QED) is 0.560. The molecule has 16 heavy (non-hydrogen) atoms. The summed E-state index contributed by atoms with van der Waals surface area (Å²) in [5.74, 6) is 0. The van der Waals surface area contributed by atoms with Gasteiger partial charge in [-0.3, -0.25) is 5.01 Å². The average Bonchev–Trinajstić information content (AvgIpc) is 2.26. The highest BCUT2D eigenvalue weighted by molar-refractivity contribution is 6.33. The molecule has 0 aliphatic carbocycles. The number of para-hydroxylation sites is 1. The maximum Gasteiger partial charge on any atom is 0.423 e. The lowest BCUT2D eigenvalue weighted by Crippen LogP contribution is -2.48. The van der Waals surface area contributed by atoms with Crippen LogP contribution in [-0.2, 0) is 0 Å². The highest BCUT2D eigenvalue weighted by atomic mass is 35.5. The van der Waals surface area contributed by atoms with Crippen molar-refractivity contribution in [3.05, 3.63) is 29.3 Å². The van der Waals surface area contributed by atoms with E-state index in [2.05, 4.69) is 5.43 Å². The van der Waals surface area contributed by atoms with Crippen LogP contribution in [0.4, 0.5) is 10.5 Å². The van der Waals surface area contributed by atoms with Crippen molar-refractivity contribution in [2.75, 3.05) is 5.01 Å². The standard InChI is InChI=1S/C10H13ClN2O3/c1-2-9(14)13(12-10(15)16)8-6-4-3-5-7(8)11/h3-6,9,12,14H,2H2,1H3,(H,15,16). The van der Waals surface area contributed by atoms with Crippen LogP contribution in [0.5, 0.6) is 0 Å². The molecule has 1 aromatic carbocycles. The Hall–Kier alpha value is -1.46. The minimum atomic E-state index is -1.26. The van der Waals surface area contributed by atoms with Gasteiger partial charge in [0.25, 0.3) is 0 Å². The van der Waals surface area contributed by atoms with Gasteiger partial charge < -0.3 is 10.2 Å². The van der Waals surface area contributed by atoms with E-state index in [9.17, 15) is 9.90 Å². The second kappa shape index (κ2) is 5.58. The largest absolute Gasteiger partial charge is 0.464 e. The van der Waals surface area contributed by atoms with Crippen molar-refractivity contribution in [2.24, 2.45) is 0 Å². The zero-order chi connectivity index (χ0) is 12.1. The lowest BCUT2D eigenvalue weighted by molar-refractivity contribution is 0.141. The number of rotatable bonds is 4. The summed E-state index contributed by atoms with van der Waals surface area (Å²) in [7, 11) is 0. The van der Waals surface area contributed by atoms with Gasteiger partial charge >= 0.3 is 6.09 Å². The first-order chi connectivity index (χ1) is 7.56. The Balaban J connectivity index is 3.01. The van der Waals surface area contributed by atoms with Crippen molar-refractivity contribution in [2.45, 2.75) is 19.6 Å². The number of halogens is 1. The maximum atomic E-state index is 10.6. The fraction of sp³-hybridized carbons (Fsp3) is 0.300. The summed E-state index contributed by atoms with van der Waals surface area (Å²) in [5.41, 5.74) is 2.52. The highest BCUT2D eigenvalue weighted by Crippen LogP contribution is 2.25. The van der Waals surface area contributed by atoms with Gasteiger partial charge in [-0.2, -0.15) is 0 Å². The molecule has 1 amide bonds. The Bertz CT molecular complexity index is 373. The van der Waals surface area contributed by atoms with E-state index in [1.54, 1.807) is 31.2 Å². The topological polar surface area (TPSA) is 72.8 Å². The number of hydrazine groups is 1. The van der Waals surface area contributed by atoms with E-state index in [4.69, 9.17) is 16.7 Å². The molecule has 0 heterocycles. The van der Waals surface area contributed by atoms with E-state index >= 15 is 0 Å². The Morgan fingerprint density at radius 3 is 2.69 bits per heavy atom. The minimum Gasteiger partial charge on any atom is -0.464 e. The summed E-state index contributed by atoms with van der Waals surface area (Å²) in [6.07, 6.45) is -1.85. The second-order valence-electron chi connectivity index (χ2n) is 3.13. The lowest BCUT2D eigenvalue weighted by Gasteiger charge is -2.28. The van der Waals surface area contributed by atoms with Crippen molar-refractivity contribution in [3.8, 4) is 0 Å². The van der Waals surface area contributed by atoms with Crippen molar-refractivity contribution >= 4 is 23.4 Å². The second-order valence-corrected chi connectivity index (χ2v) is 3.53. The zero-order valence-electron chi connectivity index (χ0n) is 8.72. The van der Waals surface area contributed by atoms with Gasteiger partial charge in [-0.05, 0) is 18.6 Å².